The van der Waals surface area contributed by atoms with E-state index < -0.39 is 5.82 Å². The van der Waals surface area contributed by atoms with Crippen LogP contribution in [0.1, 0.15) is 28.8 Å². The van der Waals surface area contributed by atoms with Crippen molar-refractivity contribution in [3.05, 3.63) is 35.1 Å². The van der Waals surface area contributed by atoms with Crippen molar-refractivity contribution in [1.29, 1.82) is 0 Å². The monoisotopic (exact) mass is 269 g/mol. The van der Waals surface area contributed by atoms with E-state index in [0.717, 1.165) is 18.4 Å². The van der Waals surface area contributed by atoms with E-state index in [1.165, 1.54) is 6.07 Å². The van der Waals surface area contributed by atoms with Crippen LogP contribution in [0.2, 0.25) is 0 Å². The van der Waals surface area contributed by atoms with Crippen molar-refractivity contribution >= 4 is 17.5 Å². The summed E-state index contributed by atoms with van der Waals surface area (Å²) >= 11 is 5.81. The van der Waals surface area contributed by atoms with Gasteiger partial charge in [-0.15, -0.1) is 11.6 Å². The number of piperidine rings is 1. The number of nitrogens with zero attached hydrogens (tertiary/aromatic N) is 1. The molecule has 2 rings (SSSR count). The van der Waals surface area contributed by atoms with Gasteiger partial charge in [-0.05, 0) is 37.8 Å². The van der Waals surface area contributed by atoms with Gasteiger partial charge in [-0.3, -0.25) is 4.79 Å². The molecule has 98 valence electrons. The summed E-state index contributed by atoms with van der Waals surface area (Å²) in [7, 11) is 0. The smallest absolute Gasteiger partial charge is 0.256 e. The van der Waals surface area contributed by atoms with Crippen molar-refractivity contribution in [1.82, 2.24) is 4.90 Å². The molecule has 1 aromatic rings. The second-order valence-corrected chi connectivity index (χ2v) is 5.18. The zero-order chi connectivity index (χ0) is 13.1. The summed E-state index contributed by atoms with van der Waals surface area (Å²) in [6, 6.07) is 4.64. The summed E-state index contributed by atoms with van der Waals surface area (Å²) in [6.45, 7) is 3.20. The zero-order valence-electron chi connectivity index (χ0n) is 10.5. The van der Waals surface area contributed by atoms with Crippen molar-refractivity contribution in [3.63, 3.8) is 0 Å². The van der Waals surface area contributed by atoms with E-state index in [9.17, 15) is 9.18 Å². The van der Waals surface area contributed by atoms with Crippen LogP contribution < -0.4 is 0 Å². The Labute approximate surface area is 112 Å². The highest BCUT2D eigenvalue weighted by Crippen LogP contribution is 2.21. The minimum atomic E-state index is -0.440. The number of amides is 1. The lowest BCUT2D eigenvalue weighted by molar-refractivity contribution is 0.0693. The molecule has 0 aliphatic carbocycles. The maximum atomic E-state index is 13.6. The standard InChI is InChI=1S/C14H17ClFNO/c1-10-2-3-13(16)12(8-10)14(18)17-6-4-11(9-15)5-7-17/h2-3,8,11H,4-7,9H2,1H3. The molecule has 4 heteroatoms. The van der Waals surface area contributed by atoms with E-state index >= 15 is 0 Å². The molecule has 1 aliphatic rings. The summed E-state index contributed by atoms with van der Waals surface area (Å²) < 4.78 is 13.6. The molecule has 0 spiro atoms. The molecule has 0 radical (unpaired) electrons. The van der Waals surface area contributed by atoms with Crippen LogP contribution in [0.25, 0.3) is 0 Å². The number of hydrogen-bond donors (Lipinski definition) is 0. The lowest BCUT2D eigenvalue weighted by atomic mass is 9.98. The van der Waals surface area contributed by atoms with Crippen molar-refractivity contribution < 1.29 is 9.18 Å². The van der Waals surface area contributed by atoms with E-state index in [4.69, 9.17) is 11.6 Å². The fourth-order valence-electron chi connectivity index (χ4n) is 2.26. The average Bonchev–Trinajstić information content (AvgIpc) is 2.41. The Balaban J connectivity index is 2.10. The van der Waals surface area contributed by atoms with Crippen LogP contribution in [0.4, 0.5) is 4.39 Å². The Kier molecular flexibility index (Phi) is 4.23. The van der Waals surface area contributed by atoms with Crippen molar-refractivity contribution in [2.75, 3.05) is 19.0 Å². The second-order valence-electron chi connectivity index (χ2n) is 4.87. The van der Waals surface area contributed by atoms with Gasteiger partial charge in [-0.2, -0.15) is 0 Å². The summed E-state index contributed by atoms with van der Waals surface area (Å²) in [5, 5.41) is 0. The molecule has 1 amide bonds. The number of rotatable bonds is 2. The van der Waals surface area contributed by atoms with Crippen molar-refractivity contribution in [2.45, 2.75) is 19.8 Å². The maximum absolute atomic E-state index is 13.6. The quantitative estimate of drug-likeness (QED) is 0.755. The summed E-state index contributed by atoms with van der Waals surface area (Å²) in [6.07, 6.45) is 1.81. The highest BCUT2D eigenvalue weighted by atomic mass is 35.5. The number of aryl methyl sites for hydroxylation is 1. The topological polar surface area (TPSA) is 20.3 Å². The van der Waals surface area contributed by atoms with Gasteiger partial charge < -0.3 is 4.90 Å². The number of likely N-dealkylation sites (tertiary alicyclic amines) is 1. The van der Waals surface area contributed by atoms with Gasteiger partial charge in [-0.1, -0.05) is 11.6 Å². The molecule has 18 heavy (non-hydrogen) atoms. The molecule has 0 unspecified atom stereocenters. The second kappa shape index (κ2) is 5.70. The summed E-state index contributed by atoms with van der Waals surface area (Å²) in [5.74, 6) is 0.480. The lowest BCUT2D eigenvalue weighted by Gasteiger charge is -2.31. The molecule has 0 bridgehead atoms. The Morgan fingerprint density at radius 1 is 1.44 bits per heavy atom. The van der Waals surface area contributed by atoms with Crippen molar-refractivity contribution in [2.24, 2.45) is 5.92 Å². The van der Waals surface area contributed by atoms with Crippen LogP contribution in [-0.4, -0.2) is 29.8 Å². The van der Waals surface area contributed by atoms with Gasteiger partial charge in [-0.25, -0.2) is 4.39 Å². The number of alkyl halides is 1. The molecule has 1 heterocycles. The van der Waals surface area contributed by atoms with Crippen LogP contribution in [0.5, 0.6) is 0 Å². The minimum absolute atomic E-state index is 0.180. The fourth-order valence-corrected chi connectivity index (χ4v) is 2.57. The summed E-state index contributed by atoms with van der Waals surface area (Å²) in [4.78, 5) is 13.9. The van der Waals surface area contributed by atoms with Crippen LogP contribution in [0.3, 0.4) is 0 Å². The molecule has 0 atom stereocenters. The molecule has 0 saturated carbocycles. The third kappa shape index (κ3) is 2.83. The van der Waals surface area contributed by atoms with Crippen LogP contribution in [0, 0.1) is 18.7 Å². The number of carbonyl (C=O) groups excluding carboxylic acids is 1. The minimum Gasteiger partial charge on any atom is -0.339 e. The first-order chi connectivity index (χ1) is 8.61. The third-order valence-corrected chi connectivity index (χ3v) is 3.91. The lowest BCUT2D eigenvalue weighted by Crippen LogP contribution is -2.39. The Morgan fingerprint density at radius 2 is 2.11 bits per heavy atom. The molecule has 1 saturated heterocycles. The highest BCUT2D eigenvalue weighted by molar-refractivity contribution is 6.18. The molecule has 0 aromatic heterocycles. The van der Waals surface area contributed by atoms with Gasteiger partial charge in [0, 0.05) is 19.0 Å². The molecule has 1 fully saturated rings. The molecular weight excluding hydrogens is 253 g/mol. The predicted molar refractivity (Wildman–Crippen MR) is 70.5 cm³/mol. The van der Waals surface area contributed by atoms with Crippen molar-refractivity contribution in [3.8, 4) is 0 Å². The number of carbonyl (C=O) groups is 1. The maximum Gasteiger partial charge on any atom is 0.256 e. The number of halogens is 2. The van der Waals surface area contributed by atoms with Gasteiger partial charge in [0.25, 0.3) is 5.91 Å². The molecule has 2 nitrogen and oxygen atoms in total. The fraction of sp³-hybridized carbons (Fsp3) is 0.500. The molecular formula is C14H17ClFNO. The van der Waals surface area contributed by atoms with Gasteiger partial charge in [0.05, 0.1) is 5.56 Å². The Bertz CT molecular complexity index is 441. The van der Waals surface area contributed by atoms with E-state index in [1.807, 2.05) is 6.92 Å². The molecule has 0 N–H and O–H groups in total. The van der Waals surface area contributed by atoms with E-state index in [1.54, 1.807) is 17.0 Å². The van der Waals surface area contributed by atoms with Gasteiger partial charge in [0.1, 0.15) is 5.82 Å². The Morgan fingerprint density at radius 3 is 2.72 bits per heavy atom. The first-order valence-corrected chi connectivity index (χ1v) is 6.76. The SMILES string of the molecule is Cc1ccc(F)c(C(=O)N2CCC(CCl)CC2)c1. The molecule has 1 aromatic carbocycles. The van der Waals surface area contributed by atoms with Gasteiger partial charge in [0.2, 0.25) is 0 Å². The van der Waals surface area contributed by atoms with E-state index in [0.29, 0.717) is 24.9 Å². The Hall–Kier alpha value is -1.09. The normalized spacial score (nSPS) is 16.9. The number of hydrogen-bond acceptors (Lipinski definition) is 1. The highest BCUT2D eigenvalue weighted by Gasteiger charge is 2.24. The predicted octanol–water partition coefficient (Wildman–Crippen LogP) is 3.23. The average molecular weight is 270 g/mol. The first kappa shape index (κ1) is 13.3. The first-order valence-electron chi connectivity index (χ1n) is 6.23. The zero-order valence-corrected chi connectivity index (χ0v) is 11.2. The van der Waals surface area contributed by atoms with Crippen LogP contribution in [0.15, 0.2) is 18.2 Å². The summed E-state index contributed by atoms with van der Waals surface area (Å²) in [5.41, 5.74) is 1.08. The third-order valence-electron chi connectivity index (χ3n) is 3.47. The van der Waals surface area contributed by atoms with Crippen LogP contribution in [-0.2, 0) is 0 Å². The molecule has 1 aliphatic heterocycles. The van der Waals surface area contributed by atoms with Gasteiger partial charge in [0.15, 0.2) is 0 Å². The van der Waals surface area contributed by atoms with E-state index in [-0.39, 0.29) is 11.5 Å². The van der Waals surface area contributed by atoms with Gasteiger partial charge >= 0.3 is 0 Å². The van der Waals surface area contributed by atoms with Crippen LogP contribution >= 0.6 is 11.6 Å². The largest absolute Gasteiger partial charge is 0.339 e. The van der Waals surface area contributed by atoms with E-state index in [2.05, 4.69) is 0 Å². The number of benzene rings is 1.